The van der Waals surface area contributed by atoms with Gasteiger partial charge >= 0.3 is 5.97 Å². The Morgan fingerprint density at radius 3 is 2.00 bits per heavy atom. The Morgan fingerprint density at radius 2 is 1.60 bits per heavy atom. The Hall–Kier alpha value is -2.17. The summed E-state index contributed by atoms with van der Waals surface area (Å²) in [6.07, 6.45) is 3.57. The molecule has 0 saturated carbocycles. The van der Waals surface area contributed by atoms with Crippen molar-refractivity contribution in [3.05, 3.63) is 23.8 Å². The quantitative estimate of drug-likeness (QED) is 0.749. The minimum atomic E-state index is -0.320. The molecule has 0 amide bonds. The van der Waals surface area contributed by atoms with Gasteiger partial charge in [0.2, 0.25) is 5.75 Å². The highest BCUT2D eigenvalue weighted by molar-refractivity contribution is 5.75. The number of carbonyl (C=O) groups is 1. The molecular formula is C15H20O5. The molecule has 0 heterocycles. The lowest BCUT2D eigenvalue weighted by Crippen LogP contribution is -2.09. The van der Waals surface area contributed by atoms with Crippen molar-refractivity contribution < 1.29 is 23.7 Å². The van der Waals surface area contributed by atoms with Crippen LogP contribution in [0.1, 0.15) is 12.5 Å². The number of benzene rings is 1. The lowest BCUT2D eigenvalue weighted by molar-refractivity contribution is -0.143. The Balaban J connectivity index is 3.08. The molecule has 1 aromatic carbocycles. The van der Waals surface area contributed by atoms with Crippen LogP contribution in [0.4, 0.5) is 0 Å². The number of rotatable bonds is 6. The smallest absolute Gasteiger partial charge is 0.312 e. The van der Waals surface area contributed by atoms with Crippen molar-refractivity contribution in [1.29, 1.82) is 0 Å². The van der Waals surface area contributed by atoms with Gasteiger partial charge in [0.15, 0.2) is 11.5 Å². The van der Waals surface area contributed by atoms with Gasteiger partial charge in [-0.25, -0.2) is 0 Å². The van der Waals surface area contributed by atoms with E-state index in [2.05, 4.69) is 4.74 Å². The largest absolute Gasteiger partial charge is 0.493 e. The summed E-state index contributed by atoms with van der Waals surface area (Å²) in [6.45, 7) is 1.76. The van der Waals surface area contributed by atoms with Gasteiger partial charge in [0.1, 0.15) is 0 Å². The molecule has 1 rings (SSSR count). The van der Waals surface area contributed by atoms with Crippen molar-refractivity contribution in [3.63, 3.8) is 0 Å². The lowest BCUT2D eigenvalue weighted by Gasteiger charge is -2.13. The molecule has 0 aliphatic heterocycles. The summed E-state index contributed by atoms with van der Waals surface area (Å²) in [6, 6.07) is 3.61. The van der Waals surface area contributed by atoms with E-state index < -0.39 is 0 Å². The van der Waals surface area contributed by atoms with E-state index in [1.165, 1.54) is 7.11 Å². The second kappa shape index (κ2) is 7.43. The molecule has 0 bridgehead atoms. The average molecular weight is 280 g/mol. The maximum absolute atomic E-state index is 11.3. The molecule has 0 aliphatic rings. The fourth-order valence-corrected chi connectivity index (χ4v) is 1.72. The van der Waals surface area contributed by atoms with E-state index >= 15 is 0 Å². The van der Waals surface area contributed by atoms with E-state index in [1.54, 1.807) is 34.3 Å². The van der Waals surface area contributed by atoms with Gasteiger partial charge in [0.05, 0.1) is 34.4 Å². The molecule has 110 valence electrons. The zero-order valence-corrected chi connectivity index (χ0v) is 12.4. The van der Waals surface area contributed by atoms with Crippen molar-refractivity contribution in [2.75, 3.05) is 28.4 Å². The van der Waals surface area contributed by atoms with E-state index in [4.69, 9.17) is 14.2 Å². The normalized spacial score (nSPS) is 12.1. The SMILES string of the molecule is COC(=O)C(C)/C=C/c1cc(OC)c(OC)c(OC)c1. The maximum atomic E-state index is 11.3. The summed E-state index contributed by atoms with van der Waals surface area (Å²) < 4.78 is 20.4. The van der Waals surface area contributed by atoms with Crippen LogP contribution in [0, 0.1) is 5.92 Å². The fraction of sp³-hybridized carbons (Fsp3) is 0.400. The molecule has 1 atom stereocenters. The van der Waals surface area contributed by atoms with E-state index in [9.17, 15) is 4.79 Å². The second-order valence-electron chi connectivity index (χ2n) is 4.13. The third-order valence-corrected chi connectivity index (χ3v) is 2.84. The van der Waals surface area contributed by atoms with Gasteiger partial charge in [-0.1, -0.05) is 12.2 Å². The zero-order valence-electron chi connectivity index (χ0n) is 12.4. The molecule has 1 unspecified atom stereocenters. The highest BCUT2D eigenvalue weighted by Crippen LogP contribution is 2.38. The number of hydrogen-bond donors (Lipinski definition) is 0. The van der Waals surface area contributed by atoms with E-state index in [0.717, 1.165) is 5.56 Å². The summed E-state index contributed by atoms with van der Waals surface area (Å²) >= 11 is 0. The lowest BCUT2D eigenvalue weighted by atomic mass is 10.1. The first kappa shape index (κ1) is 15.9. The van der Waals surface area contributed by atoms with Gasteiger partial charge < -0.3 is 18.9 Å². The molecule has 0 radical (unpaired) electrons. The molecule has 5 heteroatoms. The van der Waals surface area contributed by atoms with E-state index in [0.29, 0.717) is 17.2 Å². The van der Waals surface area contributed by atoms with Crippen LogP contribution >= 0.6 is 0 Å². The Bertz CT molecular complexity index is 468. The number of esters is 1. The standard InChI is InChI=1S/C15H20O5/c1-10(15(16)20-5)6-7-11-8-12(17-2)14(19-4)13(9-11)18-3/h6-10H,1-5H3/b7-6+. The minimum Gasteiger partial charge on any atom is -0.493 e. The first-order valence-electron chi connectivity index (χ1n) is 6.13. The van der Waals surface area contributed by atoms with Gasteiger partial charge in [-0.15, -0.1) is 0 Å². The second-order valence-corrected chi connectivity index (χ2v) is 4.13. The number of carbonyl (C=O) groups excluding carboxylic acids is 1. The molecule has 20 heavy (non-hydrogen) atoms. The van der Waals surface area contributed by atoms with Crippen LogP contribution in [-0.2, 0) is 9.53 Å². The van der Waals surface area contributed by atoms with Crippen LogP contribution in [0.15, 0.2) is 18.2 Å². The monoisotopic (exact) mass is 280 g/mol. The number of methoxy groups -OCH3 is 4. The van der Waals surface area contributed by atoms with Crippen LogP contribution in [0.3, 0.4) is 0 Å². The third kappa shape index (κ3) is 3.66. The predicted molar refractivity (Wildman–Crippen MR) is 76.3 cm³/mol. The van der Waals surface area contributed by atoms with Gasteiger partial charge in [-0.05, 0) is 24.6 Å². The molecule has 5 nitrogen and oxygen atoms in total. The van der Waals surface area contributed by atoms with Crippen molar-refractivity contribution in [2.45, 2.75) is 6.92 Å². The van der Waals surface area contributed by atoms with E-state index in [1.807, 2.05) is 18.2 Å². The predicted octanol–water partition coefficient (Wildman–Crippen LogP) is 2.53. The maximum Gasteiger partial charge on any atom is 0.312 e. The van der Waals surface area contributed by atoms with Crippen LogP contribution in [-0.4, -0.2) is 34.4 Å². The zero-order chi connectivity index (χ0) is 15.1. The summed E-state index contributed by atoms with van der Waals surface area (Å²) in [7, 11) is 6.03. The summed E-state index contributed by atoms with van der Waals surface area (Å²) in [5.74, 6) is 1.07. The molecule has 0 saturated heterocycles. The van der Waals surface area contributed by atoms with Crippen molar-refractivity contribution in [1.82, 2.24) is 0 Å². The van der Waals surface area contributed by atoms with Crippen LogP contribution in [0.2, 0.25) is 0 Å². The van der Waals surface area contributed by atoms with Gasteiger partial charge in [-0.2, -0.15) is 0 Å². The first-order chi connectivity index (χ1) is 9.57. The Morgan fingerprint density at radius 1 is 1.05 bits per heavy atom. The van der Waals surface area contributed by atoms with Crippen LogP contribution < -0.4 is 14.2 Å². The Kier molecular flexibility index (Phi) is 5.90. The van der Waals surface area contributed by atoms with Gasteiger partial charge in [-0.3, -0.25) is 4.79 Å². The fourth-order valence-electron chi connectivity index (χ4n) is 1.72. The Labute approximate surface area is 119 Å². The number of hydrogen-bond acceptors (Lipinski definition) is 5. The van der Waals surface area contributed by atoms with Crippen molar-refractivity contribution >= 4 is 12.0 Å². The first-order valence-corrected chi connectivity index (χ1v) is 6.13. The molecule has 0 N–H and O–H groups in total. The molecular weight excluding hydrogens is 260 g/mol. The summed E-state index contributed by atoms with van der Waals surface area (Å²) in [5, 5.41) is 0. The highest BCUT2D eigenvalue weighted by atomic mass is 16.5. The van der Waals surface area contributed by atoms with Crippen LogP contribution in [0.25, 0.3) is 6.08 Å². The molecule has 0 aromatic heterocycles. The van der Waals surface area contributed by atoms with Crippen molar-refractivity contribution in [2.24, 2.45) is 5.92 Å². The molecule has 1 aromatic rings. The highest BCUT2D eigenvalue weighted by Gasteiger charge is 2.13. The van der Waals surface area contributed by atoms with Crippen molar-refractivity contribution in [3.8, 4) is 17.2 Å². The molecule has 0 fully saturated rings. The van der Waals surface area contributed by atoms with Gasteiger partial charge in [0, 0.05) is 0 Å². The number of ether oxygens (including phenoxy) is 4. The third-order valence-electron chi connectivity index (χ3n) is 2.84. The van der Waals surface area contributed by atoms with Crippen LogP contribution in [0.5, 0.6) is 17.2 Å². The topological polar surface area (TPSA) is 54.0 Å². The minimum absolute atomic E-state index is 0.284. The molecule has 0 spiro atoms. The summed E-state index contributed by atoms with van der Waals surface area (Å²) in [5.41, 5.74) is 0.843. The van der Waals surface area contributed by atoms with E-state index in [-0.39, 0.29) is 11.9 Å². The van der Waals surface area contributed by atoms with Gasteiger partial charge in [0.25, 0.3) is 0 Å². The molecule has 0 aliphatic carbocycles. The summed E-state index contributed by atoms with van der Waals surface area (Å²) in [4.78, 5) is 11.3. The average Bonchev–Trinajstić information content (AvgIpc) is 2.50.